The Balaban J connectivity index is 1.40. The lowest BCUT2D eigenvalue weighted by Gasteiger charge is -2.14. The number of halogens is 5. The van der Waals surface area contributed by atoms with Crippen LogP contribution in [0.5, 0.6) is 5.88 Å². The first-order valence-electron chi connectivity index (χ1n) is 11.0. The number of hydrogen-bond donors (Lipinski definition) is 2. The number of nitrogens with zero attached hydrogens (tertiary/aromatic N) is 7. The summed E-state index contributed by atoms with van der Waals surface area (Å²) in [5.41, 5.74) is 7.18. The number of rotatable bonds is 8. The number of ether oxygens (including phenoxy) is 1. The summed E-state index contributed by atoms with van der Waals surface area (Å²) in [6, 6.07) is 3.00. The standard InChI is InChI=1S/C23H20ClF4N9O/c1-36-22(17(10-33-36)21-30-5-4-20(29)35-21)38-12-16(25)9-31-18-6-19(24)32-8-15(18)3-2-14-7-34-37(11-14)13-23(26,27)28/h4-8,10-11,16H,9,12-13H2,1H3,(H,31,32)(H2,29,30,35)/t16-/m0/s1. The number of hydrogen-bond acceptors (Lipinski definition) is 8. The number of nitrogens with one attached hydrogen (secondary N) is 1. The van der Waals surface area contributed by atoms with Crippen LogP contribution in [0.25, 0.3) is 11.4 Å². The Bertz CT molecular complexity index is 1480. The van der Waals surface area contributed by atoms with Crippen molar-refractivity contribution in [2.75, 3.05) is 24.2 Å². The van der Waals surface area contributed by atoms with E-state index >= 15 is 0 Å². The minimum Gasteiger partial charge on any atom is -0.474 e. The largest absolute Gasteiger partial charge is 0.474 e. The Morgan fingerprint density at radius 1 is 1.18 bits per heavy atom. The van der Waals surface area contributed by atoms with E-state index < -0.39 is 18.9 Å². The zero-order valence-corrected chi connectivity index (χ0v) is 20.5. The number of nitrogen functional groups attached to an aromatic ring is 1. The molecule has 0 bridgehead atoms. The van der Waals surface area contributed by atoms with E-state index in [0.29, 0.717) is 22.6 Å². The molecule has 1 atom stereocenters. The van der Waals surface area contributed by atoms with E-state index in [1.807, 2.05) is 0 Å². The highest BCUT2D eigenvalue weighted by atomic mass is 35.5. The fourth-order valence-electron chi connectivity index (χ4n) is 3.22. The van der Waals surface area contributed by atoms with E-state index in [0.717, 1.165) is 4.68 Å². The molecule has 0 spiro atoms. The molecule has 0 amide bonds. The second kappa shape index (κ2) is 11.3. The highest BCUT2D eigenvalue weighted by Crippen LogP contribution is 2.27. The third kappa shape index (κ3) is 7.10. The zero-order valence-electron chi connectivity index (χ0n) is 19.7. The number of nitrogens with two attached hydrogens (primary N) is 1. The van der Waals surface area contributed by atoms with E-state index in [1.165, 1.54) is 47.8 Å². The number of alkyl halides is 4. The lowest BCUT2D eigenvalue weighted by Crippen LogP contribution is -2.23. The molecule has 38 heavy (non-hydrogen) atoms. The second-order valence-corrected chi connectivity index (χ2v) is 8.31. The van der Waals surface area contributed by atoms with Gasteiger partial charge in [-0.15, -0.1) is 0 Å². The topological polar surface area (TPSA) is 122 Å². The van der Waals surface area contributed by atoms with Gasteiger partial charge in [0.25, 0.3) is 0 Å². The third-order valence-corrected chi connectivity index (χ3v) is 5.11. The molecule has 3 N–H and O–H groups in total. The zero-order chi connectivity index (χ0) is 27.3. The monoisotopic (exact) mass is 549 g/mol. The number of aryl methyl sites for hydroxylation is 1. The first kappa shape index (κ1) is 26.7. The van der Waals surface area contributed by atoms with E-state index in [9.17, 15) is 17.6 Å². The number of pyridine rings is 1. The molecule has 0 aliphatic rings. The van der Waals surface area contributed by atoms with Crippen molar-refractivity contribution in [2.45, 2.75) is 18.9 Å². The molecule has 0 saturated heterocycles. The maximum absolute atomic E-state index is 14.8. The summed E-state index contributed by atoms with van der Waals surface area (Å²) in [7, 11) is 1.63. The first-order chi connectivity index (χ1) is 18.1. The van der Waals surface area contributed by atoms with Crippen LogP contribution in [0.4, 0.5) is 29.1 Å². The van der Waals surface area contributed by atoms with Crippen LogP contribution in [0.15, 0.2) is 43.1 Å². The van der Waals surface area contributed by atoms with Gasteiger partial charge in [-0.25, -0.2) is 24.0 Å². The van der Waals surface area contributed by atoms with Gasteiger partial charge in [-0.2, -0.15) is 23.4 Å². The molecule has 4 heterocycles. The Hall–Kier alpha value is -4.38. The molecule has 4 aromatic heterocycles. The van der Waals surface area contributed by atoms with E-state index in [4.69, 9.17) is 22.1 Å². The molecular formula is C23H20ClF4N9O. The Morgan fingerprint density at radius 3 is 2.76 bits per heavy atom. The third-order valence-electron chi connectivity index (χ3n) is 4.90. The quantitative estimate of drug-likeness (QED) is 0.195. The summed E-state index contributed by atoms with van der Waals surface area (Å²) in [5, 5.41) is 10.8. The molecule has 198 valence electrons. The first-order valence-corrected chi connectivity index (χ1v) is 11.3. The fourth-order valence-corrected chi connectivity index (χ4v) is 3.37. The van der Waals surface area contributed by atoms with Gasteiger partial charge in [0.1, 0.15) is 29.7 Å². The van der Waals surface area contributed by atoms with E-state index in [1.54, 1.807) is 7.05 Å². The van der Waals surface area contributed by atoms with Crippen LogP contribution in [0, 0.1) is 11.8 Å². The predicted molar refractivity (Wildman–Crippen MR) is 131 cm³/mol. The molecule has 0 aliphatic heterocycles. The molecule has 0 unspecified atom stereocenters. The summed E-state index contributed by atoms with van der Waals surface area (Å²) in [6.07, 6.45) is 0.876. The van der Waals surface area contributed by atoms with Gasteiger partial charge in [0.15, 0.2) is 12.0 Å². The van der Waals surface area contributed by atoms with Gasteiger partial charge in [-0.05, 0) is 12.1 Å². The Morgan fingerprint density at radius 2 is 2.00 bits per heavy atom. The van der Waals surface area contributed by atoms with Gasteiger partial charge in [-0.3, -0.25) is 4.68 Å². The molecule has 0 saturated carbocycles. The van der Waals surface area contributed by atoms with Crippen LogP contribution in [-0.4, -0.2) is 60.0 Å². The minimum atomic E-state index is -4.40. The maximum Gasteiger partial charge on any atom is 0.408 e. The highest BCUT2D eigenvalue weighted by molar-refractivity contribution is 6.29. The van der Waals surface area contributed by atoms with Gasteiger partial charge in [0, 0.05) is 32.2 Å². The van der Waals surface area contributed by atoms with Crippen LogP contribution in [-0.2, 0) is 13.6 Å². The summed E-state index contributed by atoms with van der Waals surface area (Å²) in [6.45, 7) is -1.71. The number of aromatic nitrogens is 7. The molecule has 4 rings (SSSR count). The smallest absolute Gasteiger partial charge is 0.408 e. The van der Waals surface area contributed by atoms with Crippen molar-refractivity contribution in [1.82, 2.24) is 34.5 Å². The molecule has 4 aromatic rings. The second-order valence-electron chi connectivity index (χ2n) is 7.93. The van der Waals surface area contributed by atoms with Crippen molar-refractivity contribution in [3.05, 3.63) is 59.4 Å². The van der Waals surface area contributed by atoms with Gasteiger partial charge in [0.05, 0.1) is 29.2 Å². The van der Waals surface area contributed by atoms with Crippen molar-refractivity contribution in [1.29, 1.82) is 0 Å². The van der Waals surface area contributed by atoms with Crippen LogP contribution in [0.3, 0.4) is 0 Å². The highest BCUT2D eigenvalue weighted by Gasteiger charge is 2.28. The van der Waals surface area contributed by atoms with Gasteiger partial charge >= 0.3 is 6.18 Å². The Kier molecular flexibility index (Phi) is 7.96. The lowest BCUT2D eigenvalue weighted by molar-refractivity contribution is -0.142. The molecular weight excluding hydrogens is 530 g/mol. The fraction of sp³-hybridized carbons (Fsp3) is 0.261. The molecule has 15 heteroatoms. The summed E-state index contributed by atoms with van der Waals surface area (Å²) in [5.74, 6) is 6.33. The average Bonchev–Trinajstić information content (AvgIpc) is 3.45. The SMILES string of the molecule is Cn1ncc(-c2nccc(N)n2)c1OC[C@@H](F)CNc1cc(Cl)ncc1C#Cc1cnn(CC(F)(F)F)c1. The Labute approximate surface area is 218 Å². The van der Waals surface area contributed by atoms with E-state index in [-0.39, 0.29) is 35.6 Å². The van der Waals surface area contributed by atoms with Crippen LogP contribution >= 0.6 is 11.6 Å². The van der Waals surface area contributed by atoms with Crippen molar-refractivity contribution in [3.63, 3.8) is 0 Å². The van der Waals surface area contributed by atoms with Crippen molar-refractivity contribution in [3.8, 4) is 29.1 Å². The van der Waals surface area contributed by atoms with Crippen LogP contribution in [0.1, 0.15) is 11.1 Å². The summed E-state index contributed by atoms with van der Waals surface area (Å²) < 4.78 is 60.2. The predicted octanol–water partition coefficient (Wildman–Crippen LogP) is 3.50. The van der Waals surface area contributed by atoms with Crippen LogP contribution in [0.2, 0.25) is 5.15 Å². The number of anilines is 2. The molecule has 0 aliphatic carbocycles. The van der Waals surface area contributed by atoms with Gasteiger partial charge in [-0.1, -0.05) is 23.4 Å². The molecule has 0 aromatic carbocycles. The van der Waals surface area contributed by atoms with E-state index in [2.05, 4.69) is 42.3 Å². The van der Waals surface area contributed by atoms with Crippen molar-refractivity contribution in [2.24, 2.45) is 7.05 Å². The normalized spacial score (nSPS) is 12.1. The maximum atomic E-state index is 14.8. The van der Waals surface area contributed by atoms with Crippen molar-refractivity contribution < 1.29 is 22.3 Å². The average molecular weight is 550 g/mol. The summed E-state index contributed by atoms with van der Waals surface area (Å²) >= 11 is 5.98. The lowest BCUT2D eigenvalue weighted by atomic mass is 10.2. The molecule has 0 radical (unpaired) electrons. The van der Waals surface area contributed by atoms with Crippen molar-refractivity contribution >= 4 is 23.1 Å². The van der Waals surface area contributed by atoms with Crippen LogP contribution < -0.4 is 15.8 Å². The molecule has 10 nitrogen and oxygen atoms in total. The molecule has 0 fully saturated rings. The summed E-state index contributed by atoms with van der Waals surface area (Å²) in [4.78, 5) is 12.2. The van der Waals surface area contributed by atoms with Gasteiger partial charge in [0.2, 0.25) is 5.88 Å². The van der Waals surface area contributed by atoms with Gasteiger partial charge < -0.3 is 15.8 Å². The minimum absolute atomic E-state index is 0.143.